The molecular weight excluding hydrogens is 324 g/mol. The number of likely N-dealkylation sites (tertiary alicyclic amines) is 1. The molecule has 1 aromatic rings. The van der Waals surface area contributed by atoms with Crippen LogP contribution in [0.15, 0.2) is 48.6 Å². The van der Waals surface area contributed by atoms with Gasteiger partial charge in [0.1, 0.15) is 0 Å². The lowest BCUT2D eigenvalue weighted by Gasteiger charge is -2.41. The van der Waals surface area contributed by atoms with E-state index in [1.807, 2.05) is 24.8 Å². The number of rotatable bonds is 4. The van der Waals surface area contributed by atoms with Gasteiger partial charge in [-0.15, -0.1) is 0 Å². The standard InChI is InChI=1S/C22H30N2O2/c1-16(2)26-22(25)24-14-8-9-17(3)21(24)15-19-12-7-13-20(23-19)18-10-5-4-6-11-18/h4-7,10-13,16-17,19,21,23H,8-9,14-15H2,1-3H3. The first kappa shape index (κ1) is 18.6. The monoisotopic (exact) mass is 354 g/mol. The number of hydrogen-bond acceptors (Lipinski definition) is 3. The van der Waals surface area contributed by atoms with Crippen molar-refractivity contribution in [3.05, 3.63) is 54.1 Å². The number of hydrogen-bond donors (Lipinski definition) is 1. The van der Waals surface area contributed by atoms with Gasteiger partial charge in [-0.1, -0.05) is 49.4 Å². The Kier molecular flexibility index (Phi) is 6.02. The quantitative estimate of drug-likeness (QED) is 0.860. The maximum absolute atomic E-state index is 12.5. The third-order valence-electron chi connectivity index (χ3n) is 5.21. The first-order chi connectivity index (χ1) is 12.5. The van der Waals surface area contributed by atoms with Crippen LogP contribution < -0.4 is 5.32 Å². The van der Waals surface area contributed by atoms with Gasteiger partial charge in [0.2, 0.25) is 0 Å². The van der Waals surface area contributed by atoms with E-state index in [-0.39, 0.29) is 24.3 Å². The molecule has 0 saturated carbocycles. The lowest BCUT2D eigenvalue weighted by Crippen LogP contribution is -2.51. The summed E-state index contributed by atoms with van der Waals surface area (Å²) in [6, 6.07) is 10.8. The van der Waals surface area contributed by atoms with Gasteiger partial charge in [0.05, 0.1) is 6.10 Å². The number of nitrogens with one attached hydrogen (secondary N) is 1. The second-order valence-corrected chi connectivity index (χ2v) is 7.63. The van der Waals surface area contributed by atoms with Crippen molar-refractivity contribution >= 4 is 11.8 Å². The van der Waals surface area contributed by atoms with E-state index in [2.05, 4.69) is 54.7 Å². The van der Waals surface area contributed by atoms with Crippen molar-refractivity contribution in [3.8, 4) is 0 Å². The molecule has 1 aromatic carbocycles. The summed E-state index contributed by atoms with van der Waals surface area (Å²) < 4.78 is 5.49. The molecule has 2 aliphatic rings. The third-order valence-corrected chi connectivity index (χ3v) is 5.21. The predicted octanol–water partition coefficient (Wildman–Crippen LogP) is 4.59. The summed E-state index contributed by atoms with van der Waals surface area (Å²) in [6.07, 6.45) is 9.28. The highest BCUT2D eigenvalue weighted by molar-refractivity contribution is 5.69. The Bertz CT molecular complexity index is 666. The van der Waals surface area contributed by atoms with E-state index in [1.54, 1.807) is 0 Å². The zero-order valence-electron chi connectivity index (χ0n) is 16.0. The van der Waals surface area contributed by atoms with E-state index in [1.165, 1.54) is 5.56 Å². The highest BCUT2D eigenvalue weighted by Crippen LogP contribution is 2.29. The molecule has 1 amide bonds. The zero-order chi connectivity index (χ0) is 18.5. The van der Waals surface area contributed by atoms with Gasteiger partial charge in [-0.25, -0.2) is 4.79 Å². The van der Waals surface area contributed by atoms with Crippen molar-refractivity contribution in [3.63, 3.8) is 0 Å². The lowest BCUT2D eigenvalue weighted by molar-refractivity contribution is 0.0357. The van der Waals surface area contributed by atoms with E-state index in [4.69, 9.17) is 4.74 Å². The second-order valence-electron chi connectivity index (χ2n) is 7.63. The fourth-order valence-corrected chi connectivity index (χ4v) is 3.88. The van der Waals surface area contributed by atoms with Crippen molar-refractivity contribution in [1.82, 2.24) is 10.2 Å². The van der Waals surface area contributed by atoms with Gasteiger partial charge in [-0.05, 0) is 50.7 Å². The fraction of sp³-hybridized carbons (Fsp3) is 0.500. The predicted molar refractivity (Wildman–Crippen MR) is 106 cm³/mol. The number of ether oxygens (including phenoxy) is 1. The number of carbonyl (C=O) groups excluding carboxylic acids is 1. The van der Waals surface area contributed by atoms with Crippen LogP contribution in [0.3, 0.4) is 0 Å². The minimum Gasteiger partial charge on any atom is -0.447 e. The topological polar surface area (TPSA) is 41.6 Å². The molecule has 0 radical (unpaired) electrons. The van der Waals surface area contributed by atoms with Crippen LogP contribution in [0.25, 0.3) is 5.70 Å². The number of carbonyl (C=O) groups is 1. The SMILES string of the molecule is CC(C)OC(=O)N1CCCC(C)C1CC1C=CC=C(c2ccccc2)N1. The van der Waals surface area contributed by atoms with Crippen molar-refractivity contribution in [1.29, 1.82) is 0 Å². The number of allylic oxidation sites excluding steroid dienone is 2. The molecule has 1 N–H and O–H groups in total. The molecule has 3 atom stereocenters. The number of benzene rings is 1. The molecule has 3 unspecified atom stereocenters. The molecule has 0 spiro atoms. The van der Waals surface area contributed by atoms with Crippen LogP contribution in [0.5, 0.6) is 0 Å². The van der Waals surface area contributed by atoms with Crippen molar-refractivity contribution in [2.75, 3.05) is 6.54 Å². The largest absolute Gasteiger partial charge is 0.447 e. The van der Waals surface area contributed by atoms with Gasteiger partial charge in [0, 0.05) is 24.3 Å². The van der Waals surface area contributed by atoms with Crippen LogP contribution >= 0.6 is 0 Å². The molecule has 140 valence electrons. The fourth-order valence-electron chi connectivity index (χ4n) is 3.88. The average molecular weight is 354 g/mol. The smallest absolute Gasteiger partial charge is 0.410 e. The lowest BCUT2D eigenvalue weighted by atomic mass is 9.86. The highest BCUT2D eigenvalue weighted by atomic mass is 16.6. The van der Waals surface area contributed by atoms with Crippen LogP contribution in [0.4, 0.5) is 4.79 Å². The van der Waals surface area contributed by atoms with Gasteiger partial charge in [0.15, 0.2) is 0 Å². The maximum Gasteiger partial charge on any atom is 0.410 e. The van der Waals surface area contributed by atoms with E-state index < -0.39 is 0 Å². The molecular formula is C22H30N2O2. The zero-order valence-corrected chi connectivity index (χ0v) is 16.0. The number of piperidine rings is 1. The Morgan fingerprint density at radius 2 is 2.08 bits per heavy atom. The first-order valence-electron chi connectivity index (χ1n) is 9.72. The Morgan fingerprint density at radius 3 is 2.81 bits per heavy atom. The summed E-state index contributed by atoms with van der Waals surface area (Å²) in [5.74, 6) is 0.477. The Balaban J connectivity index is 1.68. The molecule has 4 nitrogen and oxygen atoms in total. The summed E-state index contributed by atoms with van der Waals surface area (Å²) in [5.41, 5.74) is 2.33. The van der Waals surface area contributed by atoms with Crippen LogP contribution in [0.1, 0.15) is 45.6 Å². The number of nitrogens with zero attached hydrogens (tertiary/aromatic N) is 1. The molecule has 0 aromatic heterocycles. The summed E-state index contributed by atoms with van der Waals surface area (Å²) in [7, 11) is 0. The molecule has 2 aliphatic heterocycles. The first-order valence-corrected chi connectivity index (χ1v) is 9.72. The average Bonchev–Trinajstić information content (AvgIpc) is 2.64. The Morgan fingerprint density at radius 1 is 1.31 bits per heavy atom. The minimum absolute atomic E-state index is 0.0827. The van der Waals surface area contributed by atoms with Crippen molar-refractivity contribution in [2.45, 2.75) is 58.2 Å². The van der Waals surface area contributed by atoms with Crippen LogP contribution in [0.2, 0.25) is 0 Å². The molecule has 0 bridgehead atoms. The van der Waals surface area contributed by atoms with Crippen molar-refractivity contribution in [2.24, 2.45) is 5.92 Å². The summed E-state index contributed by atoms with van der Waals surface area (Å²) in [6.45, 7) is 6.85. The molecule has 26 heavy (non-hydrogen) atoms. The van der Waals surface area contributed by atoms with E-state index in [0.29, 0.717) is 5.92 Å². The van der Waals surface area contributed by atoms with Crippen LogP contribution in [-0.2, 0) is 4.74 Å². The van der Waals surface area contributed by atoms with E-state index in [9.17, 15) is 4.79 Å². The summed E-state index contributed by atoms with van der Waals surface area (Å²) in [5, 5.41) is 3.63. The summed E-state index contributed by atoms with van der Waals surface area (Å²) >= 11 is 0. The Hall–Kier alpha value is -2.23. The van der Waals surface area contributed by atoms with Gasteiger partial charge >= 0.3 is 6.09 Å². The molecule has 2 heterocycles. The molecule has 4 heteroatoms. The van der Waals surface area contributed by atoms with Crippen molar-refractivity contribution < 1.29 is 9.53 Å². The van der Waals surface area contributed by atoms with Gasteiger partial charge in [-0.2, -0.15) is 0 Å². The van der Waals surface area contributed by atoms with Gasteiger partial charge in [-0.3, -0.25) is 0 Å². The molecule has 1 fully saturated rings. The second kappa shape index (κ2) is 8.43. The van der Waals surface area contributed by atoms with Gasteiger partial charge < -0.3 is 15.0 Å². The van der Waals surface area contributed by atoms with Gasteiger partial charge in [0.25, 0.3) is 0 Å². The van der Waals surface area contributed by atoms with Crippen LogP contribution in [0, 0.1) is 5.92 Å². The molecule has 3 rings (SSSR count). The molecule has 1 saturated heterocycles. The molecule has 0 aliphatic carbocycles. The maximum atomic E-state index is 12.5. The highest BCUT2D eigenvalue weighted by Gasteiger charge is 2.34. The number of amides is 1. The van der Waals surface area contributed by atoms with E-state index >= 15 is 0 Å². The van der Waals surface area contributed by atoms with Crippen LogP contribution in [-0.4, -0.2) is 35.7 Å². The summed E-state index contributed by atoms with van der Waals surface area (Å²) in [4.78, 5) is 14.5. The third kappa shape index (κ3) is 4.48. The minimum atomic E-state index is -0.171. The normalized spacial score (nSPS) is 25.6. The van der Waals surface area contributed by atoms with E-state index in [0.717, 1.165) is 31.5 Å². The number of dihydropyridines is 1. The Labute approximate surface area is 156 Å².